The van der Waals surface area contributed by atoms with E-state index in [2.05, 4.69) is 11.4 Å². The first-order chi connectivity index (χ1) is 11.1. The predicted molar refractivity (Wildman–Crippen MR) is 101 cm³/mol. The lowest BCUT2D eigenvalue weighted by Gasteiger charge is -2.12. The topological polar surface area (TPSA) is 29.1 Å². The lowest BCUT2D eigenvalue weighted by molar-refractivity contribution is -0.120. The van der Waals surface area contributed by atoms with E-state index in [9.17, 15) is 4.79 Å². The molecule has 0 fully saturated rings. The van der Waals surface area contributed by atoms with Crippen molar-refractivity contribution >= 4 is 40.9 Å². The second-order valence-electron chi connectivity index (χ2n) is 5.76. The summed E-state index contributed by atoms with van der Waals surface area (Å²) in [6.45, 7) is 0.766. The van der Waals surface area contributed by atoms with Gasteiger partial charge in [0, 0.05) is 24.5 Å². The average molecular weight is 372 g/mol. The molecule has 1 aromatic rings. The number of carbonyl (C=O) groups excluding carboxylic acids is 1. The van der Waals surface area contributed by atoms with Crippen LogP contribution in [-0.4, -0.2) is 18.2 Å². The van der Waals surface area contributed by atoms with Crippen LogP contribution < -0.4 is 5.32 Å². The fraction of sp³-hybridized carbons (Fsp3) is 0.500. The van der Waals surface area contributed by atoms with Gasteiger partial charge in [-0.1, -0.05) is 40.9 Å². The molecule has 1 aromatic carbocycles. The summed E-state index contributed by atoms with van der Waals surface area (Å²) < 4.78 is 0. The molecule has 126 valence electrons. The lowest BCUT2D eigenvalue weighted by Crippen LogP contribution is -2.25. The third-order valence-electron chi connectivity index (χ3n) is 3.88. The Morgan fingerprint density at radius 3 is 2.83 bits per heavy atom. The number of rotatable bonds is 8. The van der Waals surface area contributed by atoms with E-state index in [1.807, 2.05) is 18.2 Å². The molecule has 0 radical (unpaired) electrons. The quantitative estimate of drug-likeness (QED) is 0.474. The van der Waals surface area contributed by atoms with E-state index < -0.39 is 0 Å². The zero-order valence-electron chi connectivity index (χ0n) is 13.2. The van der Waals surface area contributed by atoms with Crippen molar-refractivity contribution in [3.8, 4) is 0 Å². The highest BCUT2D eigenvalue weighted by atomic mass is 35.5. The van der Waals surface area contributed by atoms with Gasteiger partial charge in [0.15, 0.2) is 0 Å². The van der Waals surface area contributed by atoms with E-state index >= 15 is 0 Å². The fourth-order valence-corrected chi connectivity index (χ4v) is 3.78. The second-order valence-corrected chi connectivity index (χ2v) is 7.68. The highest BCUT2D eigenvalue weighted by Gasteiger charge is 2.06. The minimum absolute atomic E-state index is 0.142. The Balaban J connectivity index is 1.55. The number of thioether (sulfide) groups is 1. The maximum atomic E-state index is 11.8. The summed E-state index contributed by atoms with van der Waals surface area (Å²) in [4.78, 5) is 11.8. The van der Waals surface area contributed by atoms with Crippen molar-refractivity contribution in [2.75, 3.05) is 12.3 Å². The van der Waals surface area contributed by atoms with Gasteiger partial charge in [-0.15, -0.1) is 0 Å². The fourth-order valence-electron chi connectivity index (χ4n) is 2.57. The Morgan fingerprint density at radius 1 is 1.22 bits per heavy atom. The molecule has 0 heterocycles. The van der Waals surface area contributed by atoms with Crippen LogP contribution in [0.1, 0.15) is 44.1 Å². The summed E-state index contributed by atoms with van der Waals surface area (Å²) in [5.41, 5.74) is 2.64. The summed E-state index contributed by atoms with van der Waals surface area (Å²) in [6, 6.07) is 5.67. The van der Waals surface area contributed by atoms with Crippen LogP contribution in [0.3, 0.4) is 0 Å². The number of amides is 1. The van der Waals surface area contributed by atoms with Crippen LogP contribution >= 0.6 is 35.0 Å². The number of halogens is 2. The maximum Gasteiger partial charge on any atom is 0.220 e. The first-order valence-corrected chi connectivity index (χ1v) is 10.0. The van der Waals surface area contributed by atoms with E-state index in [1.165, 1.54) is 31.3 Å². The van der Waals surface area contributed by atoms with Gasteiger partial charge in [0.25, 0.3) is 0 Å². The zero-order chi connectivity index (χ0) is 16.5. The number of hydrogen-bond acceptors (Lipinski definition) is 2. The number of benzene rings is 1. The normalized spacial score (nSPS) is 14.4. The van der Waals surface area contributed by atoms with E-state index in [1.54, 1.807) is 11.8 Å². The van der Waals surface area contributed by atoms with Gasteiger partial charge in [-0.3, -0.25) is 4.79 Å². The van der Waals surface area contributed by atoms with E-state index in [4.69, 9.17) is 23.2 Å². The molecule has 0 saturated carbocycles. The van der Waals surface area contributed by atoms with Crippen LogP contribution in [0.4, 0.5) is 0 Å². The monoisotopic (exact) mass is 371 g/mol. The van der Waals surface area contributed by atoms with Crippen molar-refractivity contribution in [3.63, 3.8) is 0 Å². The van der Waals surface area contributed by atoms with E-state index in [0.717, 1.165) is 30.0 Å². The molecule has 1 amide bonds. The molecule has 2 rings (SSSR count). The van der Waals surface area contributed by atoms with Crippen LogP contribution in [-0.2, 0) is 10.5 Å². The van der Waals surface area contributed by atoms with Crippen molar-refractivity contribution < 1.29 is 4.79 Å². The Labute approximate surface area is 153 Å². The summed E-state index contributed by atoms with van der Waals surface area (Å²) in [6.07, 6.45) is 8.91. The first-order valence-electron chi connectivity index (χ1n) is 8.11. The van der Waals surface area contributed by atoms with Crippen LogP contribution in [0.15, 0.2) is 29.8 Å². The molecule has 2 nitrogen and oxygen atoms in total. The van der Waals surface area contributed by atoms with E-state index in [-0.39, 0.29) is 5.91 Å². The summed E-state index contributed by atoms with van der Waals surface area (Å²) in [5, 5.41) is 4.17. The van der Waals surface area contributed by atoms with Crippen molar-refractivity contribution in [3.05, 3.63) is 45.5 Å². The maximum absolute atomic E-state index is 11.8. The molecule has 5 heteroatoms. The van der Waals surface area contributed by atoms with Crippen molar-refractivity contribution in [1.82, 2.24) is 5.32 Å². The van der Waals surface area contributed by atoms with Crippen LogP contribution in [0, 0.1) is 0 Å². The van der Waals surface area contributed by atoms with Gasteiger partial charge in [0.05, 0.1) is 10.0 Å². The number of hydrogen-bond donors (Lipinski definition) is 1. The van der Waals surface area contributed by atoms with Crippen molar-refractivity contribution in [1.29, 1.82) is 0 Å². The third-order valence-corrected chi connectivity index (χ3v) is 5.65. The van der Waals surface area contributed by atoms with Gasteiger partial charge in [-0.05, 0) is 49.8 Å². The van der Waals surface area contributed by atoms with Crippen LogP contribution in [0.2, 0.25) is 10.0 Å². The molecule has 1 aliphatic rings. The van der Waals surface area contributed by atoms with Gasteiger partial charge >= 0.3 is 0 Å². The second kappa shape index (κ2) is 10.3. The van der Waals surface area contributed by atoms with Gasteiger partial charge in [0.1, 0.15) is 0 Å². The average Bonchev–Trinajstić information content (AvgIpc) is 2.56. The minimum Gasteiger partial charge on any atom is -0.356 e. The minimum atomic E-state index is 0.142. The van der Waals surface area contributed by atoms with Gasteiger partial charge in [-0.25, -0.2) is 0 Å². The molecule has 23 heavy (non-hydrogen) atoms. The smallest absolute Gasteiger partial charge is 0.220 e. The molecule has 0 aliphatic heterocycles. The zero-order valence-corrected chi connectivity index (χ0v) is 15.6. The van der Waals surface area contributed by atoms with Gasteiger partial charge < -0.3 is 5.32 Å². The van der Waals surface area contributed by atoms with Crippen molar-refractivity contribution in [2.24, 2.45) is 0 Å². The molecule has 0 saturated heterocycles. The Bertz CT molecular complexity index is 560. The molecular weight excluding hydrogens is 349 g/mol. The van der Waals surface area contributed by atoms with Crippen molar-refractivity contribution in [2.45, 2.75) is 44.3 Å². The SMILES string of the molecule is O=C(CCSCc1ccc(Cl)c(Cl)c1)NCCC1=CCCCC1. The number of nitrogens with one attached hydrogen (secondary N) is 1. The van der Waals surface area contributed by atoms with Crippen LogP contribution in [0.5, 0.6) is 0 Å². The molecule has 0 atom stereocenters. The molecule has 0 spiro atoms. The molecule has 0 unspecified atom stereocenters. The molecular formula is C18H23Cl2NOS. The highest BCUT2D eigenvalue weighted by molar-refractivity contribution is 7.98. The molecule has 1 aliphatic carbocycles. The van der Waals surface area contributed by atoms with Gasteiger partial charge in [-0.2, -0.15) is 11.8 Å². The summed E-state index contributed by atoms with van der Waals surface area (Å²) in [7, 11) is 0. The number of carbonyl (C=O) groups is 1. The van der Waals surface area contributed by atoms with Crippen LogP contribution in [0.25, 0.3) is 0 Å². The van der Waals surface area contributed by atoms with Gasteiger partial charge in [0.2, 0.25) is 5.91 Å². The molecule has 1 N–H and O–H groups in total. The summed E-state index contributed by atoms with van der Waals surface area (Å²) >= 11 is 13.6. The Kier molecular flexibility index (Phi) is 8.35. The van der Waals surface area contributed by atoms with E-state index in [0.29, 0.717) is 16.5 Å². The lowest BCUT2D eigenvalue weighted by atomic mass is 9.97. The highest BCUT2D eigenvalue weighted by Crippen LogP contribution is 2.24. The largest absolute Gasteiger partial charge is 0.356 e. The Hall–Kier alpha value is -0.640. The summed E-state index contributed by atoms with van der Waals surface area (Å²) in [5.74, 6) is 1.80. The third kappa shape index (κ3) is 7.19. The number of allylic oxidation sites excluding steroid dienone is 1. The molecule has 0 aromatic heterocycles. The standard InChI is InChI=1S/C18H23Cl2NOS/c19-16-7-6-15(12-17(16)20)13-23-11-9-18(22)21-10-8-14-4-2-1-3-5-14/h4,6-7,12H,1-3,5,8-11,13H2,(H,21,22). The predicted octanol–water partition coefficient (Wildman–Crippen LogP) is 5.62. The molecule has 0 bridgehead atoms. The Morgan fingerprint density at radius 2 is 2.09 bits per heavy atom. The first kappa shape index (κ1) is 18.7.